The first-order chi connectivity index (χ1) is 12.1. The van der Waals surface area contributed by atoms with Crippen molar-refractivity contribution >= 4 is 35.4 Å². The van der Waals surface area contributed by atoms with E-state index in [9.17, 15) is 14.4 Å². The summed E-state index contributed by atoms with van der Waals surface area (Å²) in [4.78, 5) is 40.8. The van der Waals surface area contributed by atoms with Crippen molar-refractivity contribution in [1.82, 2.24) is 9.80 Å². The second-order valence-corrected chi connectivity index (χ2v) is 6.66. The number of amides is 3. The van der Waals surface area contributed by atoms with Crippen molar-refractivity contribution in [3.63, 3.8) is 0 Å². The molecule has 132 valence electrons. The van der Waals surface area contributed by atoms with Gasteiger partial charge in [0.1, 0.15) is 0 Å². The third kappa shape index (κ3) is 3.96. The first-order valence-electron chi connectivity index (χ1n) is 8.09. The van der Waals surface area contributed by atoms with E-state index in [1.54, 1.807) is 16.7 Å². The molecule has 1 fully saturated rings. The lowest BCUT2D eigenvalue weighted by Gasteiger charge is -2.33. The highest BCUT2D eigenvalue weighted by Crippen LogP contribution is 2.37. The molecule has 0 aliphatic carbocycles. The molecule has 0 bridgehead atoms. The molecular weight excluding hydrogens is 342 g/mol. The summed E-state index contributed by atoms with van der Waals surface area (Å²) in [6.45, 7) is 3.78. The number of ether oxygens (including phenoxy) is 1. The molecule has 3 rings (SSSR count). The molecule has 7 nitrogen and oxygen atoms in total. The summed E-state index contributed by atoms with van der Waals surface area (Å²) in [6, 6.07) is 7.46. The topological polar surface area (TPSA) is 79.0 Å². The summed E-state index contributed by atoms with van der Waals surface area (Å²) in [7, 11) is 0. The number of fused-ring (bicyclic) bond motifs is 1. The molecule has 1 aromatic rings. The lowest BCUT2D eigenvalue weighted by molar-refractivity contribution is -0.127. The maximum atomic E-state index is 12.4. The van der Waals surface area contributed by atoms with Crippen LogP contribution in [0.5, 0.6) is 0 Å². The van der Waals surface area contributed by atoms with Crippen LogP contribution >= 0.6 is 11.8 Å². The molecule has 1 N–H and O–H groups in total. The number of para-hydroxylation sites is 1. The number of hydrogen-bond donors (Lipinski definition) is 1. The molecule has 1 aromatic carbocycles. The van der Waals surface area contributed by atoms with E-state index in [-0.39, 0.29) is 17.9 Å². The number of carbonyl (C=O) groups excluding carboxylic acids is 3. The number of piperazine rings is 1. The average Bonchev–Trinajstić information content (AvgIpc) is 2.62. The summed E-state index contributed by atoms with van der Waals surface area (Å²) in [6.07, 6.45) is 1.02. The average molecular weight is 361 g/mol. The van der Waals surface area contributed by atoms with E-state index in [2.05, 4.69) is 5.32 Å². The van der Waals surface area contributed by atoms with E-state index in [4.69, 9.17) is 4.74 Å². The number of rotatable bonds is 2. The molecule has 0 spiro atoms. The van der Waals surface area contributed by atoms with Crippen molar-refractivity contribution in [3.8, 4) is 0 Å². The summed E-state index contributed by atoms with van der Waals surface area (Å²) in [5, 5.41) is 2.79. The van der Waals surface area contributed by atoms with E-state index in [1.807, 2.05) is 24.3 Å². The van der Waals surface area contributed by atoms with E-state index in [0.29, 0.717) is 37.7 Å². The summed E-state index contributed by atoms with van der Waals surface area (Å²) < 4.78 is 4.96. The fraction of sp³-hybridized carbons (Fsp3) is 0.353. The second-order valence-electron chi connectivity index (χ2n) is 5.57. The van der Waals surface area contributed by atoms with E-state index in [1.165, 1.54) is 17.8 Å². The Bertz CT molecular complexity index is 726. The number of thioether (sulfide) groups is 1. The zero-order valence-corrected chi connectivity index (χ0v) is 14.7. The van der Waals surface area contributed by atoms with Gasteiger partial charge < -0.3 is 19.9 Å². The monoisotopic (exact) mass is 361 g/mol. The second kappa shape index (κ2) is 7.60. The number of benzene rings is 1. The van der Waals surface area contributed by atoms with Crippen molar-refractivity contribution in [2.45, 2.75) is 11.8 Å². The Balaban J connectivity index is 1.62. The van der Waals surface area contributed by atoms with Crippen molar-refractivity contribution in [2.75, 3.05) is 38.1 Å². The molecule has 25 heavy (non-hydrogen) atoms. The van der Waals surface area contributed by atoms with Crippen molar-refractivity contribution in [2.24, 2.45) is 0 Å². The van der Waals surface area contributed by atoms with Gasteiger partial charge in [0.25, 0.3) is 5.91 Å². The minimum Gasteiger partial charge on any atom is -0.450 e. The minimum absolute atomic E-state index is 0.222. The molecule has 0 unspecified atom stereocenters. The Morgan fingerprint density at radius 2 is 1.88 bits per heavy atom. The molecule has 0 aromatic heterocycles. The molecule has 2 aliphatic heterocycles. The summed E-state index contributed by atoms with van der Waals surface area (Å²) >= 11 is 1.29. The molecule has 8 heteroatoms. The summed E-state index contributed by atoms with van der Waals surface area (Å²) in [5.41, 5.74) is 0.755. The van der Waals surface area contributed by atoms with Gasteiger partial charge in [-0.1, -0.05) is 23.9 Å². The molecule has 0 atom stereocenters. The minimum atomic E-state index is -0.355. The van der Waals surface area contributed by atoms with Crippen LogP contribution in [0.15, 0.2) is 40.1 Å². The number of nitrogens with zero attached hydrogens (tertiary/aromatic N) is 2. The molecule has 0 radical (unpaired) electrons. The van der Waals surface area contributed by atoms with Crippen molar-refractivity contribution in [1.29, 1.82) is 0 Å². The maximum Gasteiger partial charge on any atom is 0.409 e. The Labute approximate surface area is 150 Å². The number of hydrogen-bond acceptors (Lipinski definition) is 5. The molecule has 3 amide bonds. The van der Waals surface area contributed by atoms with Gasteiger partial charge in [0.05, 0.1) is 17.2 Å². The van der Waals surface area contributed by atoms with Gasteiger partial charge in [0, 0.05) is 37.2 Å². The van der Waals surface area contributed by atoms with Crippen LogP contribution in [0.1, 0.15) is 6.92 Å². The predicted molar refractivity (Wildman–Crippen MR) is 94.2 cm³/mol. The van der Waals surface area contributed by atoms with E-state index < -0.39 is 0 Å². The third-order valence-electron chi connectivity index (χ3n) is 3.95. The molecule has 2 aliphatic rings. The quantitative estimate of drug-likeness (QED) is 0.814. The van der Waals surface area contributed by atoms with Crippen LogP contribution in [-0.4, -0.2) is 60.5 Å². The number of anilines is 1. The van der Waals surface area contributed by atoms with Crippen LogP contribution in [-0.2, 0) is 14.3 Å². The van der Waals surface area contributed by atoms with E-state index >= 15 is 0 Å². The number of carbonyl (C=O) groups is 3. The largest absolute Gasteiger partial charge is 0.450 e. The van der Waals surface area contributed by atoms with Gasteiger partial charge in [-0.15, -0.1) is 0 Å². The molecule has 2 heterocycles. The van der Waals surface area contributed by atoms with Crippen LogP contribution in [0.3, 0.4) is 0 Å². The smallest absolute Gasteiger partial charge is 0.409 e. The molecular formula is C17H19N3O4S. The lowest BCUT2D eigenvalue weighted by atomic mass is 10.3. The Hall–Kier alpha value is -2.48. The normalized spacial score (nSPS) is 18.6. The fourth-order valence-corrected chi connectivity index (χ4v) is 3.55. The van der Waals surface area contributed by atoms with Crippen LogP contribution in [0.2, 0.25) is 0 Å². The zero-order valence-electron chi connectivity index (χ0n) is 13.9. The summed E-state index contributed by atoms with van der Waals surface area (Å²) in [5.74, 6) is -0.497. The van der Waals surface area contributed by atoms with Gasteiger partial charge in [-0.05, 0) is 19.1 Å². The predicted octanol–water partition coefficient (Wildman–Crippen LogP) is 1.92. The first kappa shape index (κ1) is 17.3. The van der Waals surface area contributed by atoms with Crippen LogP contribution in [0.25, 0.3) is 0 Å². The van der Waals surface area contributed by atoms with Crippen molar-refractivity contribution < 1.29 is 19.1 Å². The van der Waals surface area contributed by atoms with Gasteiger partial charge in [0.15, 0.2) is 0 Å². The molecule has 1 saturated heterocycles. The highest BCUT2D eigenvalue weighted by atomic mass is 32.2. The fourth-order valence-electron chi connectivity index (χ4n) is 2.63. The van der Waals surface area contributed by atoms with Crippen LogP contribution < -0.4 is 5.32 Å². The number of nitrogens with one attached hydrogen (secondary N) is 1. The van der Waals surface area contributed by atoms with Crippen molar-refractivity contribution in [3.05, 3.63) is 35.2 Å². The first-order valence-corrected chi connectivity index (χ1v) is 8.90. The molecule has 0 saturated carbocycles. The standard InChI is InChI=1S/C17H19N3O4S/c1-2-24-17(23)20-9-7-19(8-10-20)15(21)11-14-16(22)18-12-5-3-4-6-13(12)25-14/h3-6,11H,2,7-10H2,1H3,(H,18,22). The third-order valence-corrected chi connectivity index (χ3v) is 5.05. The Kier molecular flexibility index (Phi) is 5.28. The van der Waals surface area contributed by atoms with Crippen LogP contribution in [0, 0.1) is 0 Å². The highest BCUT2D eigenvalue weighted by Gasteiger charge is 2.26. The Morgan fingerprint density at radius 3 is 2.60 bits per heavy atom. The SMILES string of the molecule is CCOC(=O)N1CCN(C(=O)C=C2Sc3ccccc3NC2=O)CC1. The van der Waals surface area contributed by atoms with Gasteiger partial charge in [-0.3, -0.25) is 9.59 Å². The van der Waals surface area contributed by atoms with Gasteiger partial charge in [0.2, 0.25) is 5.91 Å². The lowest BCUT2D eigenvalue weighted by Crippen LogP contribution is -2.50. The maximum absolute atomic E-state index is 12.4. The van der Waals surface area contributed by atoms with Crippen LogP contribution in [0.4, 0.5) is 10.5 Å². The highest BCUT2D eigenvalue weighted by molar-refractivity contribution is 8.04. The Morgan fingerprint density at radius 1 is 1.20 bits per heavy atom. The van der Waals surface area contributed by atoms with Gasteiger partial charge in [-0.2, -0.15) is 0 Å². The van der Waals surface area contributed by atoms with E-state index in [0.717, 1.165) is 10.6 Å². The van der Waals surface area contributed by atoms with Gasteiger partial charge >= 0.3 is 6.09 Å². The van der Waals surface area contributed by atoms with Gasteiger partial charge in [-0.25, -0.2) is 4.79 Å². The zero-order chi connectivity index (χ0) is 17.8.